The van der Waals surface area contributed by atoms with Crippen molar-refractivity contribution in [1.82, 2.24) is 0 Å². The van der Waals surface area contributed by atoms with Gasteiger partial charge < -0.3 is 10.1 Å². The highest BCUT2D eigenvalue weighted by atomic mass is 16.5. The molecule has 0 fully saturated rings. The summed E-state index contributed by atoms with van der Waals surface area (Å²) in [5, 5.41) is 11.5. The minimum absolute atomic E-state index is 0.232. The summed E-state index contributed by atoms with van der Waals surface area (Å²) >= 11 is 0. The Kier molecular flexibility index (Phi) is 4.80. The first-order valence-electron chi connectivity index (χ1n) is 7.04. The SMILES string of the molecule is Cc1ccc(OC(C)C(=O)Nc2ccc(C#N)cc2)c(C)c1. The lowest BCUT2D eigenvalue weighted by molar-refractivity contribution is -0.122. The molecule has 0 bridgehead atoms. The van der Waals surface area contributed by atoms with E-state index in [4.69, 9.17) is 10.00 Å². The number of carbonyl (C=O) groups excluding carboxylic acids is 1. The minimum Gasteiger partial charge on any atom is -0.481 e. The monoisotopic (exact) mass is 294 g/mol. The molecular formula is C18H18N2O2. The molecule has 2 aromatic rings. The van der Waals surface area contributed by atoms with Gasteiger partial charge in [0.1, 0.15) is 5.75 Å². The fourth-order valence-corrected chi connectivity index (χ4v) is 2.05. The van der Waals surface area contributed by atoms with Gasteiger partial charge >= 0.3 is 0 Å². The topological polar surface area (TPSA) is 62.1 Å². The third-order valence-corrected chi connectivity index (χ3v) is 3.28. The number of benzene rings is 2. The van der Waals surface area contributed by atoms with Gasteiger partial charge in [-0.1, -0.05) is 17.7 Å². The number of nitrogens with one attached hydrogen (secondary N) is 1. The summed E-state index contributed by atoms with van der Waals surface area (Å²) in [5.41, 5.74) is 3.34. The number of nitriles is 1. The lowest BCUT2D eigenvalue weighted by Crippen LogP contribution is -2.30. The van der Waals surface area contributed by atoms with E-state index in [-0.39, 0.29) is 5.91 Å². The van der Waals surface area contributed by atoms with Gasteiger partial charge in [0, 0.05) is 5.69 Å². The van der Waals surface area contributed by atoms with Crippen molar-refractivity contribution in [2.24, 2.45) is 0 Å². The van der Waals surface area contributed by atoms with Crippen LogP contribution in [0.5, 0.6) is 5.75 Å². The predicted molar refractivity (Wildman–Crippen MR) is 85.8 cm³/mol. The molecule has 0 saturated carbocycles. The average molecular weight is 294 g/mol. The number of carbonyl (C=O) groups is 1. The Morgan fingerprint density at radius 2 is 1.86 bits per heavy atom. The first-order chi connectivity index (χ1) is 10.5. The summed E-state index contributed by atoms with van der Waals surface area (Å²) in [6.07, 6.45) is -0.614. The van der Waals surface area contributed by atoms with Gasteiger partial charge in [0.15, 0.2) is 6.10 Å². The molecule has 0 aliphatic carbocycles. The van der Waals surface area contributed by atoms with Crippen LogP contribution in [0.3, 0.4) is 0 Å². The van der Waals surface area contributed by atoms with E-state index in [0.29, 0.717) is 17.0 Å². The van der Waals surface area contributed by atoms with Crippen molar-refractivity contribution in [2.45, 2.75) is 26.9 Å². The van der Waals surface area contributed by atoms with Crippen LogP contribution in [0.15, 0.2) is 42.5 Å². The fraction of sp³-hybridized carbons (Fsp3) is 0.222. The standard InChI is InChI=1S/C18H18N2O2/c1-12-4-9-17(13(2)10-12)22-14(3)18(21)20-16-7-5-15(11-19)6-8-16/h4-10,14H,1-3H3,(H,20,21). The molecule has 4 nitrogen and oxygen atoms in total. The maximum absolute atomic E-state index is 12.1. The van der Waals surface area contributed by atoms with Crippen molar-refractivity contribution >= 4 is 11.6 Å². The molecule has 0 aromatic heterocycles. The van der Waals surface area contributed by atoms with Crippen molar-refractivity contribution in [3.63, 3.8) is 0 Å². The van der Waals surface area contributed by atoms with Crippen LogP contribution in [0.2, 0.25) is 0 Å². The molecule has 1 unspecified atom stereocenters. The average Bonchev–Trinajstić information content (AvgIpc) is 2.50. The normalized spacial score (nSPS) is 11.4. The fourth-order valence-electron chi connectivity index (χ4n) is 2.05. The highest BCUT2D eigenvalue weighted by molar-refractivity contribution is 5.94. The van der Waals surface area contributed by atoms with Crippen LogP contribution in [-0.2, 0) is 4.79 Å². The van der Waals surface area contributed by atoms with Crippen LogP contribution in [0.25, 0.3) is 0 Å². The smallest absolute Gasteiger partial charge is 0.265 e. The molecule has 0 saturated heterocycles. The molecule has 0 aliphatic heterocycles. The van der Waals surface area contributed by atoms with Gasteiger partial charge in [-0.15, -0.1) is 0 Å². The number of nitrogens with zero attached hydrogens (tertiary/aromatic N) is 1. The van der Waals surface area contributed by atoms with Gasteiger partial charge in [0.2, 0.25) is 0 Å². The number of hydrogen-bond donors (Lipinski definition) is 1. The quantitative estimate of drug-likeness (QED) is 0.937. The summed E-state index contributed by atoms with van der Waals surface area (Å²) in [6, 6.07) is 14.6. The zero-order valence-corrected chi connectivity index (χ0v) is 12.9. The predicted octanol–water partition coefficient (Wildman–Crippen LogP) is 3.58. The maximum Gasteiger partial charge on any atom is 0.265 e. The zero-order chi connectivity index (χ0) is 16.1. The van der Waals surface area contributed by atoms with E-state index >= 15 is 0 Å². The Hall–Kier alpha value is -2.80. The number of amides is 1. The van der Waals surface area contributed by atoms with Gasteiger partial charge in [0.05, 0.1) is 11.6 Å². The van der Waals surface area contributed by atoms with Crippen LogP contribution in [0.1, 0.15) is 23.6 Å². The number of ether oxygens (including phenoxy) is 1. The summed E-state index contributed by atoms with van der Waals surface area (Å²) < 4.78 is 5.71. The molecule has 2 rings (SSSR count). The Morgan fingerprint density at radius 1 is 1.18 bits per heavy atom. The molecule has 0 spiro atoms. The second-order valence-electron chi connectivity index (χ2n) is 5.21. The number of rotatable bonds is 4. The highest BCUT2D eigenvalue weighted by Gasteiger charge is 2.15. The largest absolute Gasteiger partial charge is 0.481 e. The number of hydrogen-bond acceptors (Lipinski definition) is 3. The van der Waals surface area contributed by atoms with Crippen molar-refractivity contribution in [3.8, 4) is 11.8 Å². The van der Waals surface area contributed by atoms with Crippen molar-refractivity contribution in [3.05, 3.63) is 59.2 Å². The molecule has 1 amide bonds. The number of anilines is 1. The molecular weight excluding hydrogens is 276 g/mol. The van der Waals surface area contributed by atoms with E-state index in [0.717, 1.165) is 11.1 Å². The van der Waals surface area contributed by atoms with Gasteiger partial charge in [-0.3, -0.25) is 4.79 Å². The van der Waals surface area contributed by atoms with E-state index in [9.17, 15) is 4.79 Å². The van der Waals surface area contributed by atoms with Gasteiger partial charge in [-0.25, -0.2) is 0 Å². The zero-order valence-electron chi connectivity index (χ0n) is 12.9. The third-order valence-electron chi connectivity index (χ3n) is 3.28. The summed E-state index contributed by atoms with van der Waals surface area (Å²) in [4.78, 5) is 12.1. The second-order valence-corrected chi connectivity index (χ2v) is 5.21. The van der Waals surface area contributed by atoms with Crippen molar-refractivity contribution in [1.29, 1.82) is 5.26 Å². The minimum atomic E-state index is -0.614. The van der Waals surface area contributed by atoms with E-state index in [1.165, 1.54) is 0 Å². The molecule has 4 heteroatoms. The Balaban J connectivity index is 2.01. The lowest BCUT2D eigenvalue weighted by Gasteiger charge is -2.16. The van der Waals surface area contributed by atoms with E-state index < -0.39 is 6.10 Å². The molecule has 1 N–H and O–H groups in total. The molecule has 22 heavy (non-hydrogen) atoms. The second kappa shape index (κ2) is 6.77. The lowest BCUT2D eigenvalue weighted by atomic mass is 10.1. The van der Waals surface area contributed by atoms with E-state index in [2.05, 4.69) is 5.32 Å². The van der Waals surface area contributed by atoms with Crippen LogP contribution in [0, 0.1) is 25.2 Å². The molecule has 0 radical (unpaired) electrons. The van der Waals surface area contributed by atoms with E-state index in [1.54, 1.807) is 31.2 Å². The van der Waals surface area contributed by atoms with Crippen molar-refractivity contribution < 1.29 is 9.53 Å². The Morgan fingerprint density at radius 3 is 2.45 bits per heavy atom. The highest BCUT2D eigenvalue weighted by Crippen LogP contribution is 2.20. The molecule has 2 aromatic carbocycles. The van der Waals surface area contributed by atoms with Gasteiger partial charge in [-0.2, -0.15) is 5.26 Å². The van der Waals surface area contributed by atoms with E-state index in [1.807, 2.05) is 38.1 Å². The third kappa shape index (κ3) is 3.86. The van der Waals surface area contributed by atoms with Gasteiger partial charge in [0.25, 0.3) is 5.91 Å². The van der Waals surface area contributed by atoms with Crippen LogP contribution in [0.4, 0.5) is 5.69 Å². The molecule has 112 valence electrons. The summed E-state index contributed by atoms with van der Waals surface area (Å²) in [6.45, 7) is 5.67. The molecule has 1 atom stereocenters. The first-order valence-corrected chi connectivity index (χ1v) is 7.04. The number of aryl methyl sites for hydroxylation is 2. The first kappa shape index (κ1) is 15.6. The summed E-state index contributed by atoms with van der Waals surface area (Å²) in [7, 11) is 0. The Bertz CT molecular complexity index is 715. The van der Waals surface area contributed by atoms with Crippen LogP contribution < -0.4 is 10.1 Å². The molecule has 0 aliphatic rings. The van der Waals surface area contributed by atoms with Gasteiger partial charge in [-0.05, 0) is 56.7 Å². The maximum atomic E-state index is 12.1. The van der Waals surface area contributed by atoms with Crippen LogP contribution >= 0.6 is 0 Å². The van der Waals surface area contributed by atoms with Crippen LogP contribution in [-0.4, -0.2) is 12.0 Å². The summed E-state index contributed by atoms with van der Waals surface area (Å²) in [5.74, 6) is 0.470. The van der Waals surface area contributed by atoms with Crippen molar-refractivity contribution in [2.75, 3.05) is 5.32 Å². The Labute approximate surface area is 130 Å². The molecule has 0 heterocycles.